The van der Waals surface area contributed by atoms with Crippen molar-refractivity contribution in [2.24, 2.45) is 28.7 Å². The lowest BCUT2D eigenvalue weighted by atomic mass is 9.74. The number of piperidine rings is 1. The fourth-order valence-corrected chi connectivity index (χ4v) is 6.17. The summed E-state index contributed by atoms with van der Waals surface area (Å²) >= 11 is 0. The van der Waals surface area contributed by atoms with Crippen molar-refractivity contribution < 1.29 is 10.2 Å². The zero-order valence-corrected chi connectivity index (χ0v) is 19.5. The summed E-state index contributed by atoms with van der Waals surface area (Å²) in [5.74, 6) is 2.71. The number of aliphatic imine (C=N–C) groups is 1. The molecule has 7 heteroatoms. The molecule has 4 unspecified atom stereocenters. The molecule has 7 nitrogen and oxygen atoms in total. The highest BCUT2D eigenvalue weighted by Crippen LogP contribution is 2.38. The molecule has 178 valence electrons. The molecule has 0 aromatic carbocycles. The molecule has 5 aliphatic rings. The van der Waals surface area contributed by atoms with E-state index < -0.39 is 6.29 Å². The normalized spacial score (nSPS) is 34.4. The van der Waals surface area contributed by atoms with Crippen LogP contribution in [0, 0.1) is 23.7 Å². The Kier molecular flexibility index (Phi) is 6.76. The van der Waals surface area contributed by atoms with Crippen molar-refractivity contribution >= 4 is 5.96 Å². The molecule has 0 radical (unpaired) electrons. The summed E-state index contributed by atoms with van der Waals surface area (Å²) in [7, 11) is 0. The molecule has 32 heavy (non-hydrogen) atoms. The third-order valence-electron chi connectivity index (χ3n) is 8.10. The first-order chi connectivity index (χ1) is 15.5. The van der Waals surface area contributed by atoms with Crippen molar-refractivity contribution in [2.75, 3.05) is 19.6 Å². The number of nitrogens with zero attached hydrogens (tertiary/aromatic N) is 2. The van der Waals surface area contributed by atoms with Crippen molar-refractivity contribution in [1.82, 2.24) is 20.9 Å². The van der Waals surface area contributed by atoms with Crippen LogP contribution < -0.4 is 16.0 Å². The highest BCUT2D eigenvalue weighted by atomic mass is 16.5. The van der Waals surface area contributed by atoms with Crippen LogP contribution in [0.5, 0.6) is 0 Å². The first-order valence-electron chi connectivity index (χ1n) is 12.9. The molecule has 0 spiro atoms. The van der Waals surface area contributed by atoms with Crippen molar-refractivity contribution in [3.63, 3.8) is 0 Å². The monoisotopic (exact) mass is 443 g/mol. The fourth-order valence-electron chi connectivity index (χ4n) is 6.17. The summed E-state index contributed by atoms with van der Waals surface area (Å²) in [6, 6.07) is 0.340. The first kappa shape index (κ1) is 22.2. The van der Waals surface area contributed by atoms with Gasteiger partial charge in [-0.05, 0) is 62.5 Å². The van der Waals surface area contributed by atoms with Crippen LogP contribution in [0.3, 0.4) is 0 Å². The van der Waals surface area contributed by atoms with Crippen LogP contribution in [-0.2, 0) is 0 Å². The van der Waals surface area contributed by atoms with E-state index in [1.54, 1.807) is 0 Å². The molecule has 0 amide bonds. The Bertz CT molecular complexity index is 753. The lowest BCUT2D eigenvalue weighted by molar-refractivity contribution is -0.106. The molecular weight excluding hydrogens is 402 g/mol. The minimum absolute atomic E-state index is 0.0568. The highest BCUT2D eigenvalue weighted by molar-refractivity contribution is 5.83. The molecule has 3 fully saturated rings. The van der Waals surface area contributed by atoms with Crippen molar-refractivity contribution in [2.45, 2.75) is 83.2 Å². The molecule has 1 saturated heterocycles. The lowest BCUT2D eigenvalue weighted by Gasteiger charge is -2.44. The molecule has 3 heterocycles. The fraction of sp³-hybridized carbons (Fsp3) is 0.800. The van der Waals surface area contributed by atoms with Crippen LogP contribution in [0.15, 0.2) is 28.5 Å². The van der Waals surface area contributed by atoms with Gasteiger partial charge >= 0.3 is 0 Å². The van der Waals surface area contributed by atoms with Gasteiger partial charge < -0.3 is 25.7 Å². The van der Waals surface area contributed by atoms with E-state index in [1.165, 1.54) is 50.6 Å². The topological polar surface area (TPSA) is 92.2 Å². The predicted molar refractivity (Wildman–Crippen MR) is 126 cm³/mol. The number of hydrogen-bond donors (Lipinski definition) is 5. The zero-order chi connectivity index (χ0) is 22.1. The van der Waals surface area contributed by atoms with E-state index in [-0.39, 0.29) is 12.1 Å². The van der Waals surface area contributed by atoms with Crippen molar-refractivity contribution in [1.29, 1.82) is 0 Å². The third kappa shape index (κ3) is 5.32. The predicted octanol–water partition coefficient (Wildman–Crippen LogP) is 2.25. The number of allylic oxidation sites excluding steroid dienone is 2. The van der Waals surface area contributed by atoms with Gasteiger partial charge in [0, 0.05) is 43.0 Å². The van der Waals surface area contributed by atoms with Crippen LogP contribution in [0.4, 0.5) is 0 Å². The van der Waals surface area contributed by atoms with Crippen LogP contribution in [0.1, 0.15) is 64.7 Å². The molecule has 0 bridgehead atoms. The summed E-state index contributed by atoms with van der Waals surface area (Å²) < 4.78 is 0. The second-order valence-electron chi connectivity index (χ2n) is 10.7. The number of rotatable bonds is 5. The standard InChI is InChI=1S/C25H41N5O2/c1-16-11-23(28-21-9-10-26-22(13-21)18-7-8-18)29-25(27-16)30-14-19(12-20(15-30)24(31)32)17-5-3-2-4-6-17/h11,13,17-21,23-24,26,28,31-32H,2-10,12,14-15H2,1H3,(H,27,29). The Balaban J connectivity index is 1.29. The molecular formula is C25H41N5O2. The number of guanidine groups is 1. The van der Waals surface area contributed by atoms with E-state index in [1.807, 2.05) is 0 Å². The zero-order valence-electron chi connectivity index (χ0n) is 19.5. The van der Waals surface area contributed by atoms with E-state index in [0.717, 1.165) is 43.5 Å². The number of hydrogen-bond acceptors (Lipinski definition) is 7. The highest BCUT2D eigenvalue weighted by Gasteiger charge is 2.37. The Morgan fingerprint density at radius 1 is 1.03 bits per heavy atom. The Morgan fingerprint density at radius 2 is 1.84 bits per heavy atom. The van der Waals surface area contributed by atoms with Crippen LogP contribution in [0.25, 0.3) is 0 Å². The second-order valence-corrected chi connectivity index (χ2v) is 10.7. The average Bonchev–Trinajstić information content (AvgIpc) is 3.65. The second kappa shape index (κ2) is 9.74. The van der Waals surface area contributed by atoms with Crippen molar-refractivity contribution in [3.05, 3.63) is 23.5 Å². The smallest absolute Gasteiger partial charge is 0.200 e. The van der Waals surface area contributed by atoms with Gasteiger partial charge in [0.1, 0.15) is 6.17 Å². The van der Waals surface area contributed by atoms with Gasteiger partial charge in [-0.1, -0.05) is 32.1 Å². The van der Waals surface area contributed by atoms with Crippen LogP contribution in [0.2, 0.25) is 0 Å². The van der Waals surface area contributed by atoms with Crippen LogP contribution in [-0.4, -0.2) is 59.2 Å². The molecule has 5 rings (SSSR count). The average molecular weight is 444 g/mol. The molecule has 3 aliphatic heterocycles. The van der Waals surface area contributed by atoms with E-state index in [2.05, 4.69) is 39.9 Å². The van der Waals surface area contributed by atoms with Crippen LogP contribution >= 0.6 is 0 Å². The number of likely N-dealkylation sites (tertiary alicyclic amines) is 1. The van der Waals surface area contributed by atoms with Gasteiger partial charge in [-0.25, -0.2) is 4.99 Å². The number of nitrogens with one attached hydrogen (secondary N) is 3. The van der Waals surface area contributed by atoms with E-state index in [4.69, 9.17) is 4.99 Å². The van der Waals surface area contributed by atoms with E-state index in [9.17, 15) is 10.2 Å². The van der Waals surface area contributed by atoms with Gasteiger partial charge in [0.15, 0.2) is 12.2 Å². The molecule has 0 aromatic rings. The Hall–Kier alpha value is -1.57. The maximum absolute atomic E-state index is 10.0. The molecule has 2 aliphatic carbocycles. The summed E-state index contributed by atoms with van der Waals surface area (Å²) in [5, 5.41) is 30.9. The maximum Gasteiger partial charge on any atom is 0.200 e. The SMILES string of the molecule is CC1=CC(NC2C=C(C3CC3)NCC2)N=C(N2CC(C(O)O)CC(C3CCCCC3)C2)N1. The molecule has 4 atom stereocenters. The maximum atomic E-state index is 10.0. The minimum atomic E-state index is -1.26. The van der Waals surface area contributed by atoms with E-state index >= 15 is 0 Å². The molecule has 5 N–H and O–H groups in total. The summed E-state index contributed by atoms with van der Waals surface area (Å²) in [6.07, 6.45) is 14.4. The summed E-state index contributed by atoms with van der Waals surface area (Å²) in [4.78, 5) is 7.32. The summed E-state index contributed by atoms with van der Waals surface area (Å²) in [5.41, 5.74) is 2.52. The van der Waals surface area contributed by atoms with Gasteiger partial charge in [-0.2, -0.15) is 0 Å². The quantitative estimate of drug-likeness (QED) is 0.419. The van der Waals surface area contributed by atoms with Gasteiger partial charge in [0.2, 0.25) is 0 Å². The lowest BCUT2D eigenvalue weighted by Crippen LogP contribution is -2.54. The van der Waals surface area contributed by atoms with Gasteiger partial charge in [-0.3, -0.25) is 5.32 Å². The van der Waals surface area contributed by atoms with E-state index in [0.29, 0.717) is 24.4 Å². The Morgan fingerprint density at radius 3 is 2.59 bits per heavy atom. The largest absolute Gasteiger partial charge is 0.388 e. The van der Waals surface area contributed by atoms with Gasteiger partial charge in [0.25, 0.3) is 0 Å². The van der Waals surface area contributed by atoms with Gasteiger partial charge in [0.05, 0.1) is 0 Å². The third-order valence-corrected chi connectivity index (χ3v) is 8.10. The summed E-state index contributed by atoms with van der Waals surface area (Å²) in [6.45, 7) is 4.72. The van der Waals surface area contributed by atoms with Crippen molar-refractivity contribution in [3.8, 4) is 0 Å². The molecule has 0 aromatic heterocycles. The number of aliphatic hydroxyl groups is 2. The number of aliphatic hydroxyl groups excluding tert-OH is 1. The van der Waals surface area contributed by atoms with Gasteiger partial charge in [-0.15, -0.1) is 0 Å². The molecule has 2 saturated carbocycles. The Labute approximate surface area is 192 Å². The first-order valence-corrected chi connectivity index (χ1v) is 12.9. The minimum Gasteiger partial charge on any atom is -0.388 e.